The van der Waals surface area contributed by atoms with Crippen LogP contribution in [0.1, 0.15) is 85.8 Å². The van der Waals surface area contributed by atoms with E-state index in [9.17, 15) is 0 Å². The maximum absolute atomic E-state index is 7.23. The van der Waals surface area contributed by atoms with E-state index in [4.69, 9.17) is 15.8 Å². The summed E-state index contributed by atoms with van der Waals surface area (Å²) in [6.07, 6.45) is 16.4. The first-order valence-electron chi connectivity index (χ1n) is 20.0. The molecular weight excluding hydrogens is 810 g/mol. The van der Waals surface area contributed by atoms with Gasteiger partial charge in [-0.15, -0.1) is 24.8 Å². The monoisotopic (exact) mass is 864 g/mol. The summed E-state index contributed by atoms with van der Waals surface area (Å²) in [7, 11) is 0. The molecule has 4 heteroatoms. The molecule has 0 heterocycles. The second kappa shape index (κ2) is 13.0. The summed E-state index contributed by atoms with van der Waals surface area (Å²) in [4.78, 5) is 0. The van der Waals surface area contributed by atoms with Gasteiger partial charge in [0.1, 0.15) is 0 Å². The third-order valence-electron chi connectivity index (χ3n) is 17.7. The molecule has 1 saturated carbocycles. The Hall–Kier alpha value is -2.54. The van der Waals surface area contributed by atoms with Gasteiger partial charge in [0.2, 0.25) is 0 Å². The van der Waals surface area contributed by atoms with Gasteiger partial charge in [-0.3, -0.25) is 0 Å². The van der Waals surface area contributed by atoms with Crippen molar-refractivity contribution in [3.05, 3.63) is 158 Å². The Morgan fingerprint density at radius 3 is 2.16 bits per heavy atom. The molecule has 0 N–H and O–H groups in total. The van der Waals surface area contributed by atoms with Gasteiger partial charge in [-0.2, -0.15) is 0 Å². The number of fused-ring (bicyclic) bond motifs is 7. The molecular formula is C51H57Cl3Zr. The minimum absolute atomic E-state index is 0. The van der Waals surface area contributed by atoms with Crippen molar-refractivity contribution in [2.45, 2.75) is 84.2 Å². The second-order valence-electron chi connectivity index (χ2n) is 19.1. The van der Waals surface area contributed by atoms with Crippen molar-refractivity contribution in [1.82, 2.24) is 0 Å². The van der Waals surface area contributed by atoms with Crippen LogP contribution in [0.3, 0.4) is 0 Å². The zero-order chi connectivity index (χ0) is 37.4. The van der Waals surface area contributed by atoms with Crippen molar-refractivity contribution in [1.29, 1.82) is 0 Å². The molecule has 0 radical (unpaired) electrons. The summed E-state index contributed by atoms with van der Waals surface area (Å²) in [5.41, 5.74) is 8.77. The van der Waals surface area contributed by atoms with E-state index in [1.54, 1.807) is 20.0 Å². The van der Waals surface area contributed by atoms with E-state index >= 15 is 0 Å². The number of rotatable bonds is 4. The molecule has 3 atom stereocenters. The molecule has 0 nitrogen and oxygen atoms in total. The van der Waals surface area contributed by atoms with Gasteiger partial charge in [0.05, 0.1) is 0 Å². The van der Waals surface area contributed by atoms with Crippen LogP contribution >= 0.6 is 36.4 Å². The van der Waals surface area contributed by atoms with Crippen LogP contribution in [0.25, 0.3) is 16.3 Å². The molecule has 1 fully saturated rings. The van der Waals surface area contributed by atoms with E-state index in [0.717, 1.165) is 24.3 Å². The van der Waals surface area contributed by atoms with Crippen molar-refractivity contribution in [2.24, 2.45) is 27.6 Å². The van der Waals surface area contributed by atoms with E-state index in [1.165, 1.54) is 40.4 Å². The summed E-state index contributed by atoms with van der Waals surface area (Å²) in [6.45, 7) is 21.3. The van der Waals surface area contributed by atoms with E-state index in [-0.39, 0.29) is 49.6 Å². The number of allylic oxidation sites excluding steroid dienone is 10. The second-order valence-corrected chi connectivity index (χ2v) is 33.5. The average molecular weight is 868 g/mol. The number of hydrogen-bond donors (Lipinski definition) is 0. The van der Waals surface area contributed by atoms with Crippen molar-refractivity contribution >= 4 is 63.5 Å². The quantitative estimate of drug-likeness (QED) is 0.192. The minimum atomic E-state index is -5.42. The summed E-state index contributed by atoms with van der Waals surface area (Å²) in [5, 5.41) is 3.43. The van der Waals surface area contributed by atoms with Crippen molar-refractivity contribution < 1.29 is 18.3 Å². The van der Waals surface area contributed by atoms with E-state index < -0.39 is 18.3 Å². The molecule has 0 saturated heterocycles. The number of halogens is 3. The fourth-order valence-corrected chi connectivity index (χ4v) is 35.5. The first-order chi connectivity index (χ1) is 25.1. The molecule has 4 aromatic rings. The summed E-state index contributed by atoms with van der Waals surface area (Å²) < 4.78 is 10.2. The van der Waals surface area contributed by atoms with Crippen LogP contribution < -0.4 is 6.54 Å². The number of benzene rings is 4. The van der Waals surface area contributed by atoms with E-state index in [1.807, 2.05) is 0 Å². The van der Waals surface area contributed by atoms with E-state index in [2.05, 4.69) is 177 Å². The summed E-state index contributed by atoms with van der Waals surface area (Å²) in [5.74, 6) is 0.396. The molecule has 4 aromatic carbocycles. The zero-order valence-electron chi connectivity index (χ0n) is 33.9. The first kappa shape index (κ1) is 40.7. The Balaban J connectivity index is 0.00000233. The molecule has 5 aliphatic rings. The Labute approximate surface area is 348 Å². The van der Waals surface area contributed by atoms with Gasteiger partial charge in [0.15, 0.2) is 0 Å². The molecule has 9 rings (SSSR count). The zero-order valence-corrected chi connectivity index (χ0v) is 38.7. The Kier molecular flexibility index (Phi) is 9.60. The Morgan fingerprint density at radius 2 is 1.44 bits per heavy atom. The maximum atomic E-state index is 7.23. The van der Waals surface area contributed by atoms with Crippen LogP contribution in [0.15, 0.2) is 141 Å². The van der Waals surface area contributed by atoms with Crippen LogP contribution in [-0.2, 0) is 24.7 Å². The molecule has 3 unspecified atom stereocenters. The van der Waals surface area contributed by atoms with Gasteiger partial charge in [0.25, 0.3) is 0 Å². The fraction of sp³-hybridized carbons (Fsp3) is 0.353. The van der Waals surface area contributed by atoms with Crippen LogP contribution in [0.4, 0.5) is 0 Å². The van der Waals surface area contributed by atoms with Crippen molar-refractivity contribution in [2.75, 3.05) is 0 Å². The van der Waals surface area contributed by atoms with Gasteiger partial charge in [0, 0.05) is 0 Å². The predicted molar refractivity (Wildman–Crippen MR) is 242 cm³/mol. The number of hydrogen-bond acceptors (Lipinski definition) is 0. The standard InChI is InChI=1S/C29H37.C10H7.C6H4Cl.C5H5.CH2.2ClH.Zr/c1-18-25-22-17-19-13-9-10-14-20(19)24(22)21-15-11-12-16-23(21)29(25,8)28(6,7)27(4,5)26(18,2)3;1-2-6-10-8-4-3-7-9(10)5-1;7-6-4-2-1-3-5-6;1-2-4-5-3-1;;;;/h9-11,13-15,23H,12,16-17H2,1-8H3;1-7H;1-2,4-5H;1-3H,4H2;1H2;2*1H;. The molecule has 55 heavy (non-hydrogen) atoms. The molecule has 0 aromatic heterocycles. The van der Waals surface area contributed by atoms with Crippen molar-refractivity contribution in [3.63, 3.8) is 0 Å². The van der Waals surface area contributed by atoms with Crippen LogP contribution in [0.2, 0.25) is 8.15 Å². The molecule has 0 aliphatic heterocycles. The SMILES string of the molecule is Cl.Cl.[CH2]=[Zr]([C]1=CC=CC1)([c]1cccc(Cl)c1)([c]1cccc2ccccc12)[C]1(C)C2=C3Cc4ccccc4C3=C3C=CCCC3C2(C)C(C)(C)C(C)(C)C1(C)C. The van der Waals surface area contributed by atoms with Gasteiger partial charge in [-0.25, -0.2) is 0 Å². The molecule has 0 bridgehead atoms. The third-order valence-corrected chi connectivity index (χ3v) is 37.8. The molecule has 286 valence electrons. The third kappa shape index (κ3) is 4.49. The van der Waals surface area contributed by atoms with Crippen LogP contribution in [0, 0.1) is 27.6 Å². The van der Waals surface area contributed by atoms with Gasteiger partial charge in [-0.1, -0.05) is 0 Å². The average Bonchev–Trinajstić information content (AvgIpc) is 3.83. The van der Waals surface area contributed by atoms with Crippen molar-refractivity contribution in [3.8, 4) is 0 Å². The van der Waals surface area contributed by atoms with Crippen LogP contribution in [0.5, 0.6) is 0 Å². The van der Waals surface area contributed by atoms with Gasteiger partial charge >= 0.3 is 326 Å². The molecule has 0 spiro atoms. The molecule has 0 amide bonds. The predicted octanol–water partition coefficient (Wildman–Crippen LogP) is 13.8. The normalized spacial score (nSPS) is 27.0. The summed E-state index contributed by atoms with van der Waals surface area (Å²) in [6, 6.07) is 34.7. The van der Waals surface area contributed by atoms with Gasteiger partial charge in [-0.05, 0) is 0 Å². The molecule has 5 aliphatic carbocycles. The Bertz CT molecular complexity index is 2500. The fourth-order valence-electron chi connectivity index (χ4n) is 13.7. The summed E-state index contributed by atoms with van der Waals surface area (Å²) >= 11 is 1.82. The van der Waals surface area contributed by atoms with Crippen LogP contribution in [-0.4, -0.2) is 4.21 Å². The first-order valence-corrected chi connectivity index (χ1v) is 27.0. The Morgan fingerprint density at radius 1 is 0.745 bits per heavy atom. The van der Waals surface area contributed by atoms with Gasteiger partial charge < -0.3 is 0 Å². The van der Waals surface area contributed by atoms with E-state index in [0.29, 0.717) is 5.92 Å². The topological polar surface area (TPSA) is 0 Å².